The van der Waals surface area contributed by atoms with Crippen LogP contribution in [0.15, 0.2) is 34.7 Å². The monoisotopic (exact) mass is 553 g/mol. The van der Waals surface area contributed by atoms with Gasteiger partial charge in [0.05, 0.1) is 22.8 Å². The topological polar surface area (TPSA) is 106 Å². The van der Waals surface area contributed by atoms with Gasteiger partial charge < -0.3 is 10.2 Å². The van der Waals surface area contributed by atoms with Gasteiger partial charge >= 0.3 is 6.18 Å². The summed E-state index contributed by atoms with van der Waals surface area (Å²) in [5.41, 5.74) is 5.26. The van der Waals surface area contributed by atoms with Crippen LogP contribution in [-0.4, -0.2) is 32.6 Å². The van der Waals surface area contributed by atoms with Crippen molar-refractivity contribution in [2.45, 2.75) is 10.6 Å². The molecule has 2 N–H and O–H groups in total. The molecule has 7 nitrogen and oxygen atoms in total. The summed E-state index contributed by atoms with van der Waals surface area (Å²) >= 11 is 2.02. The highest BCUT2D eigenvalue weighted by atomic mass is 127. The van der Waals surface area contributed by atoms with E-state index in [2.05, 4.69) is 4.98 Å². The molecule has 1 aromatic carbocycles. The van der Waals surface area contributed by atoms with E-state index in [1.165, 1.54) is 7.05 Å². The SMILES string of the molecule is CN(c1nc2oc(-c3ccc(C(F)(F)F)cc3)c(C(N)=O)c2cc1CI)S(C)(=O)=O. The zero-order valence-corrected chi connectivity index (χ0v) is 18.6. The second-order valence-electron chi connectivity index (χ2n) is 6.43. The Morgan fingerprint density at radius 3 is 2.33 bits per heavy atom. The van der Waals surface area contributed by atoms with Gasteiger partial charge in [0.1, 0.15) is 11.6 Å². The van der Waals surface area contributed by atoms with Crippen LogP contribution in [0.3, 0.4) is 0 Å². The van der Waals surface area contributed by atoms with Gasteiger partial charge in [-0.05, 0) is 18.2 Å². The maximum absolute atomic E-state index is 12.8. The van der Waals surface area contributed by atoms with Gasteiger partial charge in [-0.2, -0.15) is 18.2 Å². The molecule has 2 aromatic heterocycles. The van der Waals surface area contributed by atoms with Crippen molar-refractivity contribution in [2.24, 2.45) is 5.73 Å². The number of benzene rings is 1. The number of fused-ring (bicyclic) bond motifs is 1. The molecule has 0 fully saturated rings. The van der Waals surface area contributed by atoms with Crippen LogP contribution in [0.2, 0.25) is 0 Å². The Balaban J connectivity index is 2.26. The average Bonchev–Trinajstić information content (AvgIpc) is 3.03. The van der Waals surface area contributed by atoms with Crippen LogP contribution in [0.25, 0.3) is 22.4 Å². The summed E-state index contributed by atoms with van der Waals surface area (Å²) in [6.45, 7) is 0. The van der Waals surface area contributed by atoms with E-state index in [4.69, 9.17) is 10.2 Å². The van der Waals surface area contributed by atoms with Gasteiger partial charge in [-0.25, -0.2) is 8.42 Å². The van der Waals surface area contributed by atoms with Crippen LogP contribution in [0.1, 0.15) is 21.5 Å². The molecular weight excluding hydrogens is 538 g/mol. The zero-order valence-electron chi connectivity index (χ0n) is 15.6. The number of carbonyl (C=O) groups is 1. The van der Waals surface area contributed by atoms with Crippen molar-refractivity contribution in [3.8, 4) is 11.3 Å². The first kappa shape index (κ1) is 22.3. The first-order valence-electron chi connectivity index (χ1n) is 8.28. The minimum absolute atomic E-state index is 0.0442. The quantitative estimate of drug-likeness (QED) is 0.381. The van der Waals surface area contributed by atoms with Crippen LogP contribution in [0.4, 0.5) is 19.0 Å². The second kappa shape index (κ2) is 7.72. The molecule has 12 heteroatoms. The summed E-state index contributed by atoms with van der Waals surface area (Å²) in [5.74, 6) is -0.783. The molecule has 0 unspecified atom stereocenters. The summed E-state index contributed by atoms with van der Waals surface area (Å²) < 4.78 is 69.4. The molecule has 160 valence electrons. The highest BCUT2D eigenvalue weighted by molar-refractivity contribution is 14.1. The predicted molar refractivity (Wildman–Crippen MR) is 114 cm³/mol. The number of hydrogen-bond acceptors (Lipinski definition) is 5. The average molecular weight is 553 g/mol. The fraction of sp³-hybridized carbons (Fsp3) is 0.222. The summed E-state index contributed by atoms with van der Waals surface area (Å²) in [4.78, 5) is 16.4. The number of primary amides is 1. The molecule has 0 spiro atoms. The number of sulfonamides is 1. The van der Waals surface area contributed by atoms with Gasteiger partial charge in [0, 0.05) is 22.6 Å². The molecule has 0 atom stereocenters. The molecule has 0 aliphatic heterocycles. The number of amides is 1. The number of pyridine rings is 1. The third-order valence-corrected chi connectivity index (χ3v) is 6.39. The van der Waals surface area contributed by atoms with E-state index < -0.39 is 27.7 Å². The van der Waals surface area contributed by atoms with Crippen molar-refractivity contribution in [3.05, 3.63) is 47.0 Å². The first-order chi connectivity index (χ1) is 13.8. The van der Waals surface area contributed by atoms with E-state index in [9.17, 15) is 26.4 Å². The van der Waals surface area contributed by atoms with Crippen molar-refractivity contribution in [2.75, 3.05) is 17.6 Å². The van der Waals surface area contributed by atoms with Crippen LogP contribution >= 0.6 is 22.6 Å². The fourth-order valence-corrected chi connectivity index (χ4v) is 3.88. The van der Waals surface area contributed by atoms with Gasteiger partial charge in [-0.15, -0.1) is 0 Å². The lowest BCUT2D eigenvalue weighted by molar-refractivity contribution is -0.137. The lowest BCUT2D eigenvalue weighted by Crippen LogP contribution is -2.26. The molecule has 0 bridgehead atoms. The molecule has 1 amide bonds. The summed E-state index contributed by atoms with van der Waals surface area (Å²) in [6, 6.07) is 5.59. The first-order valence-corrected chi connectivity index (χ1v) is 11.7. The second-order valence-corrected chi connectivity index (χ2v) is 9.21. The van der Waals surface area contributed by atoms with Gasteiger partial charge in [0.2, 0.25) is 15.7 Å². The van der Waals surface area contributed by atoms with Crippen LogP contribution in [-0.2, 0) is 20.6 Å². The number of hydrogen-bond donors (Lipinski definition) is 1. The van der Waals surface area contributed by atoms with Gasteiger partial charge in [0.15, 0.2) is 0 Å². The Labute approximate surface area is 183 Å². The van der Waals surface area contributed by atoms with E-state index in [0.717, 1.165) is 34.8 Å². The molecule has 0 saturated carbocycles. The highest BCUT2D eigenvalue weighted by Gasteiger charge is 2.31. The molecule has 3 rings (SSSR count). The van der Waals surface area contributed by atoms with Gasteiger partial charge in [0.25, 0.3) is 5.91 Å². The lowest BCUT2D eigenvalue weighted by Gasteiger charge is -2.18. The summed E-state index contributed by atoms with van der Waals surface area (Å²) in [5, 5.41) is 0.245. The predicted octanol–water partition coefficient (Wildman–Crippen LogP) is 3.94. The summed E-state index contributed by atoms with van der Waals surface area (Å²) in [7, 11) is -2.29. The third-order valence-electron chi connectivity index (χ3n) is 4.40. The van der Waals surface area contributed by atoms with Crippen LogP contribution in [0.5, 0.6) is 0 Å². The number of anilines is 1. The number of alkyl halides is 4. The van der Waals surface area contributed by atoms with E-state index in [-0.39, 0.29) is 33.8 Å². The molecule has 3 aromatic rings. The number of halogens is 4. The third kappa shape index (κ3) is 4.10. The molecule has 0 radical (unpaired) electrons. The minimum Gasteiger partial charge on any atom is -0.437 e. The zero-order chi connectivity index (χ0) is 22.4. The van der Waals surface area contributed by atoms with Crippen molar-refractivity contribution >= 4 is 55.4 Å². The maximum atomic E-state index is 12.8. The molecule has 30 heavy (non-hydrogen) atoms. The normalized spacial score (nSPS) is 12.3. The Morgan fingerprint density at radius 1 is 1.27 bits per heavy atom. The minimum atomic E-state index is -4.51. The number of carbonyl (C=O) groups excluding carboxylic acids is 1. The van der Waals surface area contributed by atoms with E-state index in [1.54, 1.807) is 6.07 Å². The Kier molecular flexibility index (Phi) is 5.75. The number of aromatic nitrogens is 1. The highest BCUT2D eigenvalue weighted by Crippen LogP contribution is 2.37. The Morgan fingerprint density at radius 2 is 1.87 bits per heavy atom. The number of nitrogens with two attached hydrogens (primary N) is 1. The molecule has 0 aliphatic rings. The smallest absolute Gasteiger partial charge is 0.416 e. The van der Waals surface area contributed by atoms with Gasteiger partial charge in [-0.3, -0.25) is 9.10 Å². The van der Waals surface area contributed by atoms with Crippen LogP contribution in [0, 0.1) is 0 Å². The standard InChI is InChI=1S/C18H15F3IN3O4S/c1-25(30(2,27)28)16-10(8-22)7-12-13(15(23)26)14(29-17(12)24-16)9-3-5-11(6-4-9)18(19,20)21/h3-7H,8H2,1-2H3,(H2,23,26). The van der Waals surface area contributed by atoms with E-state index in [1.807, 2.05) is 22.6 Å². The van der Waals surface area contributed by atoms with Crippen molar-refractivity contribution in [3.63, 3.8) is 0 Å². The number of furan rings is 1. The van der Waals surface area contributed by atoms with E-state index in [0.29, 0.717) is 9.99 Å². The van der Waals surface area contributed by atoms with Crippen molar-refractivity contribution in [1.29, 1.82) is 0 Å². The Hall–Kier alpha value is -2.35. The number of rotatable bonds is 5. The van der Waals surface area contributed by atoms with Crippen LogP contribution < -0.4 is 10.0 Å². The molecular formula is C18H15F3IN3O4S. The maximum Gasteiger partial charge on any atom is 0.416 e. The summed E-state index contributed by atoms with van der Waals surface area (Å²) in [6.07, 6.45) is -3.50. The fourth-order valence-electron chi connectivity index (χ4n) is 2.84. The van der Waals surface area contributed by atoms with Gasteiger partial charge in [-0.1, -0.05) is 34.7 Å². The Bertz CT molecular complexity index is 1240. The van der Waals surface area contributed by atoms with Crippen molar-refractivity contribution in [1.82, 2.24) is 4.98 Å². The van der Waals surface area contributed by atoms with Crippen molar-refractivity contribution < 1.29 is 30.8 Å². The molecule has 2 heterocycles. The molecule has 0 aliphatic carbocycles. The van der Waals surface area contributed by atoms with E-state index >= 15 is 0 Å². The lowest BCUT2D eigenvalue weighted by atomic mass is 10.0. The number of nitrogens with zero attached hydrogens (tertiary/aromatic N) is 2. The largest absolute Gasteiger partial charge is 0.437 e. The molecule has 0 saturated heterocycles.